The van der Waals surface area contributed by atoms with Crippen molar-refractivity contribution in [2.45, 2.75) is 225 Å². The standard InChI is InChI=1S/C41H79NO6S/c1-3-5-7-9-11-13-15-17-19-20-22-23-25-27-29-31-33-35-39(43)38(37-49(46,47)48)42-41(45)40(44)36-34-32-30-28-26-24-21-18-16-14-12-10-8-6-4-2/h25,27,33,35,38-40,43-44H,3-24,26,28-32,34,36-37H2,1-2H3,(H,42,45)(H,46,47,48)/b27-25+,35-33+. The van der Waals surface area contributed by atoms with E-state index in [1.54, 1.807) is 6.08 Å². The average Bonchev–Trinajstić information content (AvgIpc) is 3.06. The summed E-state index contributed by atoms with van der Waals surface area (Å²) in [5.41, 5.74) is 0. The highest BCUT2D eigenvalue weighted by atomic mass is 32.2. The Balaban J connectivity index is 4.08. The summed E-state index contributed by atoms with van der Waals surface area (Å²) in [6.07, 6.45) is 40.9. The van der Waals surface area contributed by atoms with Gasteiger partial charge in [-0.25, -0.2) is 0 Å². The molecular formula is C41H79NO6S. The van der Waals surface area contributed by atoms with E-state index in [1.807, 2.05) is 0 Å². The Labute approximate surface area is 303 Å². The first-order valence-corrected chi connectivity index (χ1v) is 22.3. The van der Waals surface area contributed by atoms with Gasteiger partial charge in [0.1, 0.15) is 6.10 Å². The number of aliphatic hydroxyl groups is 2. The van der Waals surface area contributed by atoms with E-state index in [4.69, 9.17) is 0 Å². The van der Waals surface area contributed by atoms with Crippen molar-refractivity contribution >= 4 is 16.0 Å². The quantitative estimate of drug-likeness (QED) is 0.0289. The number of aliphatic hydroxyl groups excluding tert-OH is 2. The third-order valence-electron chi connectivity index (χ3n) is 9.49. The van der Waals surface area contributed by atoms with Gasteiger partial charge in [0, 0.05) is 0 Å². The maximum atomic E-state index is 12.6. The fourth-order valence-corrected chi connectivity index (χ4v) is 7.03. The fourth-order valence-electron chi connectivity index (χ4n) is 6.30. The second-order valence-electron chi connectivity index (χ2n) is 14.4. The van der Waals surface area contributed by atoms with Gasteiger partial charge in [-0.1, -0.05) is 199 Å². The number of amides is 1. The molecule has 0 fully saturated rings. The Bertz CT molecular complexity index is 890. The predicted molar refractivity (Wildman–Crippen MR) is 208 cm³/mol. The van der Waals surface area contributed by atoms with Crippen LogP contribution in [0, 0.1) is 0 Å². The van der Waals surface area contributed by atoms with E-state index in [9.17, 15) is 28.0 Å². The lowest BCUT2D eigenvalue weighted by molar-refractivity contribution is -0.130. The van der Waals surface area contributed by atoms with Crippen LogP contribution in [0.15, 0.2) is 24.3 Å². The number of carbonyl (C=O) groups excluding carboxylic acids is 1. The summed E-state index contributed by atoms with van der Waals surface area (Å²) in [5, 5.41) is 23.4. The Morgan fingerprint density at radius 3 is 1.35 bits per heavy atom. The number of carbonyl (C=O) groups is 1. The smallest absolute Gasteiger partial charge is 0.267 e. The van der Waals surface area contributed by atoms with Gasteiger partial charge in [-0.05, 0) is 32.1 Å². The summed E-state index contributed by atoms with van der Waals surface area (Å²) < 4.78 is 32.5. The molecule has 0 radical (unpaired) electrons. The molecule has 0 heterocycles. The van der Waals surface area contributed by atoms with Crippen molar-refractivity contribution in [1.82, 2.24) is 5.32 Å². The minimum atomic E-state index is -4.45. The number of hydrogen-bond donors (Lipinski definition) is 4. The molecule has 0 saturated carbocycles. The summed E-state index contributed by atoms with van der Waals surface area (Å²) in [6, 6.07) is -1.24. The summed E-state index contributed by atoms with van der Waals surface area (Å²) in [4.78, 5) is 12.6. The third kappa shape index (κ3) is 35.0. The van der Waals surface area contributed by atoms with Crippen LogP contribution in [0.2, 0.25) is 0 Å². The molecule has 0 aromatic heterocycles. The van der Waals surface area contributed by atoms with Crippen LogP contribution in [-0.2, 0) is 14.9 Å². The summed E-state index contributed by atoms with van der Waals surface area (Å²) in [6.45, 7) is 4.51. The molecule has 0 aliphatic carbocycles. The van der Waals surface area contributed by atoms with Crippen LogP contribution in [-0.4, -0.2) is 53.1 Å². The zero-order valence-corrected chi connectivity index (χ0v) is 32.8. The van der Waals surface area contributed by atoms with Crippen molar-refractivity contribution in [1.29, 1.82) is 0 Å². The summed E-state index contributed by atoms with van der Waals surface area (Å²) >= 11 is 0. The molecule has 3 unspecified atom stereocenters. The van der Waals surface area contributed by atoms with Gasteiger partial charge in [0.2, 0.25) is 5.91 Å². The molecule has 290 valence electrons. The third-order valence-corrected chi connectivity index (χ3v) is 10.3. The molecule has 0 saturated heterocycles. The summed E-state index contributed by atoms with van der Waals surface area (Å²) in [7, 11) is -4.45. The van der Waals surface area contributed by atoms with Gasteiger partial charge in [0.25, 0.3) is 10.1 Å². The van der Waals surface area contributed by atoms with Gasteiger partial charge < -0.3 is 15.5 Å². The van der Waals surface area contributed by atoms with Crippen LogP contribution in [0.3, 0.4) is 0 Å². The van der Waals surface area contributed by atoms with E-state index in [0.717, 1.165) is 32.1 Å². The lowest BCUT2D eigenvalue weighted by Gasteiger charge is -2.22. The number of hydrogen-bond acceptors (Lipinski definition) is 5. The van der Waals surface area contributed by atoms with E-state index in [1.165, 1.54) is 147 Å². The minimum Gasteiger partial charge on any atom is -0.387 e. The zero-order valence-electron chi connectivity index (χ0n) is 31.9. The molecule has 4 N–H and O–H groups in total. The van der Waals surface area contributed by atoms with Crippen LogP contribution in [0.1, 0.15) is 206 Å². The van der Waals surface area contributed by atoms with Crippen molar-refractivity contribution in [3.8, 4) is 0 Å². The van der Waals surface area contributed by atoms with Gasteiger partial charge in [0.15, 0.2) is 0 Å². The second kappa shape index (κ2) is 35.2. The molecular weight excluding hydrogens is 635 g/mol. The van der Waals surface area contributed by atoms with Gasteiger partial charge in [-0.3, -0.25) is 9.35 Å². The molecule has 8 heteroatoms. The molecule has 0 aliphatic rings. The number of allylic oxidation sites excluding steroid dienone is 3. The first-order chi connectivity index (χ1) is 23.7. The van der Waals surface area contributed by atoms with E-state index >= 15 is 0 Å². The van der Waals surface area contributed by atoms with Crippen molar-refractivity contribution < 1.29 is 28.0 Å². The molecule has 0 bridgehead atoms. The van der Waals surface area contributed by atoms with Gasteiger partial charge >= 0.3 is 0 Å². The molecule has 1 amide bonds. The molecule has 0 aromatic carbocycles. The first kappa shape index (κ1) is 47.8. The first-order valence-electron chi connectivity index (χ1n) is 20.6. The number of nitrogens with one attached hydrogen (secondary N) is 1. The highest BCUT2D eigenvalue weighted by Crippen LogP contribution is 2.15. The van der Waals surface area contributed by atoms with Crippen LogP contribution >= 0.6 is 0 Å². The Kier molecular flexibility index (Phi) is 34.3. The molecule has 0 aromatic rings. The maximum absolute atomic E-state index is 12.6. The highest BCUT2D eigenvalue weighted by molar-refractivity contribution is 7.85. The number of unbranched alkanes of at least 4 members (excludes halogenated alkanes) is 26. The number of rotatable bonds is 37. The molecule has 0 aliphatic heterocycles. The lowest BCUT2D eigenvalue weighted by atomic mass is 10.0. The van der Waals surface area contributed by atoms with Gasteiger partial charge in [-0.2, -0.15) is 8.42 Å². The van der Waals surface area contributed by atoms with Crippen LogP contribution in [0.4, 0.5) is 0 Å². The zero-order chi connectivity index (χ0) is 36.3. The van der Waals surface area contributed by atoms with Crippen molar-refractivity contribution in [3.05, 3.63) is 24.3 Å². The van der Waals surface area contributed by atoms with E-state index in [-0.39, 0.29) is 6.42 Å². The largest absolute Gasteiger partial charge is 0.387 e. The Morgan fingerprint density at radius 1 is 0.551 bits per heavy atom. The Hall–Kier alpha value is -1.22. The highest BCUT2D eigenvalue weighted by Gasteiger charge is 2.27. The maximum Gasteiger partial charge on any atom is 0.267 e. The fraction of sp³-hybridized carbons (Fsp3) is 0.878. The predicted octanol–water partition coefficient (Wildman–Crippen LogP) is 10.9. The Morgan fingerprint density at radius 2 is 0.918 bits per heavy atom. The topological polar surface area (TPSA) is 124 Å². The van der Waals surface area contributed by atoms with Crippen LogP contribution in [0.25, 0.3) is 0 Å². The van der Waals surface area contributed by atoms with E-state index < -0.39 is 40.0 Å². The van der Waals surface area contributed by atoms with Gasteiger partial charge in [-0.15, -0.1) is 0 Å². The van der Waals surface area contributed by atoms with Crippen LogP contribution in [0.5, 0.6) is 0 Å². The SMILES string of the molecule is CCCCCCCCCCCCC/C=C/CC/C=C/C(O)C(CS(=O)(=O)O)NC(=O)C(O)CCCCCCCCCCCCCCCCC. The van der Waals surface area contributed by atoms with Crippen molar-refractivity contribution in [3.63, 3.8) is 0 Å². The average molecular weight is 714 g/mol. The van der Waals surface area contributed by atoms with Crippen molar-refractivity contribution in [2.24, 2.45) is 0 Å². The lowest BCUT2D eigenvalue weighted by Crippen LogP contribution is -2.50. The second-order valence-corrected chi connectivity index (χ2v) is 15.9. The van der Waals surface area contributed by atoms with Crippen LogP contribution < -0.4 is 5.32 Å². The molecule has 7 nitrogen and oxygen atoms in total. The monoisotopic (exact) mass is 714 g/mol. The summed E-state index contributed by atoms with van der Waals surface area (Å²) in [5.74, 6) is -1.55. The van der Waals surface area contributed by atoms with Crippen molar-refractivity contribution in [2.75, 3.05) is 5.75 Å². The van der Waals surface area contributed by atoms with E-state index in [0.29, 0.717) is 12.8 Å². The normalized spacial score (nSPS) is 14.1. The van der Waals surface area contributed by atoms with Gasteiger partial charge in [0.05, 0.1) is 17.9 Å². The molecule has 0 spiro atoms. The molecule has 3 atom stereocenters. The molecule has 49 heavy (non-hydrogen) atoms. The minimum absolute atomic E-state index is 0.278. The van der Waals surface area contributed by atoms with E-state index in [2.05, 4.69) is 31.3 Å². The molecule has 0 rings (SSSR count).